The molecule has 2 heteroatoms. The minimum absolute atomic E-state index is 0.917. The molecular weight excluding hydrogens is 220 g/mol. The zero-order valence-electron chi connectivity index (χ0n) is 11.5. The van der Waals surface area contributed by atoms with Gasteiger partial charge in [0, 0.05) is 25.5 Å². The maximum Gasteiger partial charge on any atom is 0.0337 e. The van der Waals surface area contributed by atoms with Crippen molar-refractivity contribution in [1.82, 2.24) is 5.32 Å². The molecule has 0 aliphatic rings. The molecule has 2 N–H and O–H groups in total. The second-order valence-electron chi connectivity index (χ2n) is 4.10. The van der Waals surface area contributed by atoms with Gasteiger partial charge in [-0.1, -0.05) is 30.9 Å². The molecule has 2 nitrogen and oxygen atoms in total. The van der Waals surface area contributed by atoms with Gasteiger partial charge in [-0.2, -0.15) is 0 Å². The molecular formula is C16H22N2. The summed E-state index contributed by atoms with van der Waals surface area (Å²) in [6, 6.07) is 8.49. The summed E-state index contributed by atoms with van der Waals surface area (Å²) in [7, 11) is 3.80. The zero-order valence-corrected chi connectivity index (χ0v) is 11.5. The summed E-state index contributed by atoms with van der Waals surface area (Å²) < 4.78 is 0. The van der Waals surface area contributed by atoms with Crippen LogP contribution in [0.25, 0.3) is 0 Å². The van der Waals surface area contributed by atoms with Crippen LogP contribution >= 0.6 is 0 Å². The smallest absolute Gasteiger partial charge is 0.0337 e. The Balaban J connectivity index is 2.68. The number of anilines is 1. The Morgan fingerprint density at radius 1 is 1.17 bits per heavy atom. The van der Waals surface area contributed by atoms with Gasteiger partial charge >= 0.3 is 0 Å². The molecule has 0 amide bonds. The van der Waals surface area contributed by atoms with Crippen LogP contribution in [0, 0.1) is 0 Å². The van der Waals surface area contributed by atoms with Crippen LogP contribution < -0.4 is 10.6 Å². The number of nitrogens with one attached hydrogen (secondary N) is 2. The highest BCUT2D eigenvalue weighted by Gasteiger charge is 1.96. The van der Waals surface area contributed by atoms with Crippen molar-refractivity contribution < 1.29 is 0 Å². The number of hydrogen-bond acceptors (Lipinski definition) is 2. The minimum Gasteiger partial charge on any atom is -0.389 e. The van der Waals surface area contributed by atoms with Gasteiger partial charge < -0.3 is 10.6 Å². The SMILES string of the molecule is C=C(/C=C\C(=C/C)Cc1ccc(NC)cc1)NC. The summed E-state index contributed by atoms with van der Waals surface area (Å²) in [5.74, 6) is 0. The van der Waals surface area contributed by atoms with E-state index < -0.39 is 0 Å². The fraction of sp³-hybridized carbons (Fsp3) is 0.250. The maximum absolute atomic E-state index is 3.88. The van der Waals surface area contributed by atoms with Gasteiger partial charge in [0.15, 0.2) is 0 Å². The molecule has 0 radical (unpaired) electrons. The Morgan fingerprint density at radius 2 is 1.83 bits per heavy atom. The van der Waals surface area contributed by atoms with E-state index in [-0.39, 0.29) is 0 Å². The summed E-state index contributed by atoms with van der Waals surface area (Å²) in [4.78, 5) is 0. The molecule has 0 atom stereocenters. The molecule has 1 aromatic rings. The fourth-order valence-corrected chi connectivity index (χ4v) is 1.57. The largest absolute Gasteiger partial charge is 0.389 e. The van der Waals surface area contributed by atoms with Crippen molar-refractivity contribution in [3.8, 4) is 0 Å². The van der Waals surface area contributed by atoms with Gasteiger partial charge in [-0.3, -0.25) is 0 Å². The Hall–Kier alpha value is -1.96. The molecule has 0 spiro atoms. The summed E-state index contributed by atoms with van der Waals surface area (Å²) in [5, 5.41) is 6.13. The van der Waals surface area contributed by atoms with Crippen LogP contribution in [0.3, 0.4) is 0 Å². The van der Waals surface area contributed by atoms with E-state index in [0.29, 0.717) is 0 Å². The predicted octanol–water partition coefficient (Wildman–Crippen LogP) is 3.51. The van der Waals surface area contributed by atoms with Crippen LogP contribution in [0.4, 0.5) is 5.69 Å². The first-order valence-corrected chi connectivity index (χ1v) is 6.16. The van der Waals surface area contributed by atoms with Gasteiger partial charge in [-0.05, 0) is 42.7 Å². The van der Waals surface area contributed by atoms with Gasteiger partial charge in [0.05, 0.1) is 0 Å². The first kappa shape index (κ1) is 14.1. The van der Waals surface area contributed by atoms with E-state index in [1.807, 2.05) is 20.2 Å². The third-order valence-electron chi connectivity index (χ3n) is 2.84. The van der Waals surface area contributed by atoms with Gasteiger partial charge in [0.2, 0.25) is 0 Å². The van der Waals surface area contributed by atoms with Gasteiger partial charge in [0.1, 0.15) is 0 Å². The highest BCUT2D eigenvalue weighted by molar-refractivity contribution is 5.45. The summed E-state index contributed by atoms with van der Waals surface area (Å²) in [6.45, 7) is 5.94. The van der Waals surface area contributed by atoms with Crippen LogP contribution in [-0.4, -0.2) is 14.1 Å². The second-order valence-corrected chi connectivity index (χ2v) is 4.10. The van der Waals surface area contributed by atoms with Gasteiger partial charge in [-0.25, -0.2) is 0 Å². The molecule has 96 valence electrons. The molecule has 0 heterocycles. The quantitative estimate of drug-likeness (QED) is 0.746. The summed E-state index contributed by atoms with van der Waals surface area (Å²) in [6.07, 6.45) is 7.17. The van der Waals surface area contributed by atoms with Crippen molar-refractivity contribution in [2.75, 3.05) is 19.4 Å². The van der Waals surface area contributed by atoms with Gasteiger partial charge in [-0.15, -0.1) is 0 Å². The van der Waals surface area contributed by atoms with E-state index in [4.69, 9.17) is 0 Å². The number of likely N-dealkylation sites (N-methyl/N-ethyl adjacent to an activating group) is 1. The Morgan fingerprint density at radius 3 is 2.33 bits per heavy atom. The minimum atomic E-state index is 0.917. The molecule has 0 aliphatic carbocycles. The predicted molar refractivity (Wildman–Crippen MR) is 80.8 cm³/mol. The van der Waals surface area contributed by atoms with Crippen LogP contribution in [-0.2, 0) is 6.42 Å². The lowest BCUT2D eigenvalue weighted by Crippen LogP contribution is -2.00. The normalized spacial score (nSPS) is 11.6. The molecule has 0 unspecified atom stereocenters. The third kappa shape index (κ3) is 4.50. The topological polar surface area (TPSA) is 24.1 Å². The average Bonchev–Trinajstić information content (AvgIpc) is 2.43. The molecule has 18 heavy (non-hydrogen) atoms. The van der Waals surface area contributed by atoms with Crippen molar-refractivity contribution >= 4 is 5.69 Å². The lowest BCUT2D eigenvalue weighted by atomic mass is 10.0. The van der Waals surface area contributed by atoms with Gasteiger partial charge in [0.25, 0.3) is 0 Å². The highest BCUT2D eigenvalue weighted by Crippen LogP contribution is 2.13. The molecule has 0 saturated carbocycles. The van der Waals surface area contributed by atoms with Crippen molar-refractivity contribution in [3.05, 3.63) is 65.9 Å². The van der Waals surface area contributed by atoms with E-state index >= 15 is 0 Å². The van der Waals surface area contributed by atoms with E-state index in [2.05, 4.69) is 60.6 Å². The highest BCUT2D eigenvalue weighted by atomic mass is 14.8. The third-order valence-corrected chi connectivity index (χ3v) is 2.84. The molecule has 0 saturated heterocycles. The van der Waals surface area contributed by atoms with Crippen LogP contribution in [0.15, 0.2) is 60.3 Å². The van der Waals surface area contributed by atoms with Crippen molar-refractivity contribution in [2.45, 2.75) is 13.3 Å². The fourth-order valence-electron chi connectivity index (χ4n) is 1.57. The summed E-state index contributed by atoms with van der Waals surface area (Å²) >= 11 is 0. The zero-order chi connectivity index (χ0) is 13.4. The lowest BCUT2D eigenvalue weighted by Gasteiger charge is -2.05. The molecule has 0 aliphatic heterocycles. The second kappa shape index (κ2) is 7.38. The Labute approximate surface area is 110 Å². The molecule has 0 bridgehead atoms. The van der Waals surface area contributed by atoms with Crippen molar-refractivity contribution in [3.63, 3.8) is 0 Å². The van der Waals surface area contributed by atoms with Crippen LogP contribution in [0.2, 0.25) is 0 Å². The molecule has 1 aromatic carbocycles. The van der Waals surface area contributed by atoms with Crippen LogP contribution in [0.1, 0.15) is 12.5 Å². The van der Waals surface area contributed by atoms with E-state index in [1.165, 1.54) is 11.1 Å². The molecule has 0 aromatic heterocycles. The first-order chi connectivity index (χ1) is 8.69. The average molecular weight is 242 g/mol. The first-order valence-electron chi connectivity index (χ1n) is 6.16. The number of rotatable bonds is 6. The maximum atomic E-state index is 3.88. The lowest BCUT2D eigenvalue weighted by molar-refractivity contribution is 1.04. The number of benzene rings is 1. The Bertz CT molecular complexity index is 439. The van der Waals surface area contributed by atoms with E-state index in [9.17, 15) is 0 Å². The molecule has 0 fully saturated rings. The van der Waals surface area contributed by atoms with Crippen molar-refractivity contribution in [2.24, 2.45) is 0 Å². The van der Waals surface area contributed by atoms with E-state index in [0.717, 1.165) is 17.8 Å². The number of hydrogen-bond donors (Lipinski definition) is 2. The van der Waals surface area contributed by atoms with E-state index in [1.54, 1.807) is 0 Å². The standard InChI is InChI=1S/C16H22N2/c1-5-14(7-6-13(2)17-3)12-15-8-10-16(18-4)11-9-15/h5-11,17-18H,2,12H2,1,3-4H3/b7-6-,14-5+. The Kier molecular flexibility index (Phi) is 5.78. The summed E-state index contributed by atoms with van der Waals surface area (Å²) in [5.41, 5.74) is 4.64. The molecule has 1 rings (SSSR count). The number of allylic oxidation sites excluding steroid dienone is 4. The van der Waals surface area contributed by atoms with Crippen molar-refractivity contribution in [1.29, 1.82) is 0 Å². The van der Waals surface area contributed by atoms with Crippen LogP contribution in [0.5, 0.6) is 0 Å². The monoisotopic (exact) mass is 242 g/mol.